The van der Waals surface area contributed by atoms with Gasteiger partial charge in [-0.05, 0) is 79.6 Å². The third-order valence-corrected chi connectivity index (χ3v) is 6.40. The minimum atomic E-state index is -0.837. The molecule has 3 radical (unpaired) electrons. The molecule has 3 aromatic carbocycles. The first kappa shape index (κ1) is 77.5. The van der Waals surface area contributed by atoms with Crippen LogP contribution in [0.2, 0.25) is 0 Å². The Balaban J connectivity index is -0.000000201. The molecule has 383 valence electrons. The molecule has 0 aliphatic rings. The molecule has 0 saturated carbocycles. The number of carbonyl (C=O) groups is 6. The van der Waals surface area contributed by atoms with Crippen molar-refractivity contribution >= 4 is 78.7 Å². The number of amides is 1. The van der Waals surface area contributed by atoms with Gasteiger partial charge in [0.25, 0.3) is 11.4 Å². The number of nitrogens with two attached hydrogens (primary N) is 1. The monoisotopic (exact) mass is 1050 g/mol. The Labute approximate surface area is 465 Å². The van der Waals surface area contributed by atoms with Crippen molar-refractivity contribution in [3.05, 3.63) is 149 Å². The fourth-order valence-corrected chi connectivity index (χ4v) is 3.65. The number of azide groups is 4. The minimum absolute atomic E-state index is 0. The number of rotatable bonds is 14. The Morgan fingerprint density at radius 3 is 1.53 bits per heavy atom. The summed E-state index contributed by atoms with van der Waals surface area (Å²) < 4.78 is 8.73. The first-order valence-electron chi connectivity index (χ1n) is 19.4. The van der Waals surface area contributed by atoms with Crippen LogP contribution in [0.3, 0.4) is 0 Å². The Kier molecular flexibility index (Phi) is 50.9. The summed E-state index contributed by atoms with van der Waals surface area (Å²) in [6.07, 6.45) is 1.46. The molecule has 0 fully saturated rings. The van der Waals surface area contributed by atoms with Gasteiger partial charge < -0.3 is 44.9 Å². The van der Waals surface area contributed by atoms with E-state index in [-0.39, 0.29) is 82.2 Å². The molecule has 0 aliphatic carbocycles. The van der Waals surface area contributed by atoms with E-state index >= 15 is 0 Å². The smallest absolute Gasteiger partial charge is 0.793 e. The molecule has 74 heavy (non-hydrogen) atoms. The second-order valence-corrected chi connectivity index (χ2v) is 13.0. The fraction of sp³-hybridized carbons (Fsp3) is 0.351. The molecule has 0 saturated heterocycles. The van der Waals surface area contributed by atoms with Crippen LogP contribution in [0, 0.1) is 20.2 Å². The van der Waals surface area contributed by atoms with E-state index in [1.54, 1.807) is 32.9 Å². The third kappa shape index (κ3) is 44.0. The van der Waals surface area contributed by atoms with Gasteiger partial charge in [0.1, 0.15) is 5.60 Å². The molecule has 4 N–H and O–H groups in total. The number of aldehydes is 2. The summed E-state index contributed by atoms with van der Waals surface area (Å²) in [5, 5.41) is 40.0. The van der Waals surface area contributed by atoms with Crippen LogP contribution >= 0.6 is 0 Å². The molecule has 37 heteroatoms. The summed E-state index contributed by atoms with van der Waals surface area (Å²) in [4.78, 5) is 100. The maximum atomic E-state index is 11.5. The van der Waals surface area contributed by atoms with Crippen LogP contribution in [0.1, 0.15) is 81.2 Å². The Morgan fingerprint density at radius 2 is 1.15 bits per heavy atom. The maximum Gasteiger partial charge on any atom is 1.00 e. The molecule has 3 rings (SSSR count). The molecule has 0 aliphatic heterocycles. The molecule has 3 aromatic rings. The van der Waals surface area contributed by atoms with Gasteiger partial charge in [0.15, 0.2) is 12.6 Å². The predicted octanol–water partition coefficient (Wildman–Crippen LogP) is 3.77. The topological polar surface area (TPSA) is 529 Å². The van der Waals surface area contributed by atoms with Gasteiger partial charge in [0, 0.05) is 94.4 Å². The van der Waals surface area contributed by atoms with Crippen LogP contribution in [0.15, 0.2) is 75.1 Å². The van der Waals surface area contributed by atoms with Gasteiger partial charge in [0.2, 0.25) is 5.97 Å². The van der Waals surface area contributed by atoms with E-state index < -0.39 is 50.8 Å². The van der Waals surface area contributed by atoms with Gasteiger partial charge in [0.05, 0.1) is 21.5 Å². The molecular weight excluding hydrogens is 1010 g/mol. The predicted molar refractivity (Wildman–Crippen MR) is 255 cm³/mol. The number of nitrogens with zero attached hydrogens (tertiary/aromatic N) is 17. The minimum Gasteiger partial charge on any atom is -0.793 e. The standard InChI is InChI=1S/C14H20N8O2.C7H4N6O.C7H4N2O5.C4H6O4.C3H9N.C2H3BO2.N3.2Na/c1-14(2,3)24-13(23)18-7-6-17-9-10-4-5-11(19-21-15)8-12(10)20-22-16;8-12-10-6-2-1-5(4-14)7(3-6)11-13-9;10-4-5-1-2-6(8(11)12)3-7(5)9(13)14;1-3(5)7-8-4(2)6;1-2-3-4;1-2(4)5-3;1-3-2;;/h4-5,8,17H,6-7,9H2,1-3H3,(H,18,23);2*1-4H;1-2H3;2-4H2,1H3;1H3;;;/q;;;;;2*-1;2*+1. The largest absolute Gasteiger partial charge is 1.00 e. The van der Waals surface area contributed by atoms with Crippen molar-refractivity contribution in [2.45, 2.75) is 67.0 Å². The zero-order valence-corrected chi connectivity index (χ0v) is 45.4. The number of benzene rings is 3. The van der Waals surface area contributed by atoms with Crippen molar-refractivity contribution in [2.24, 2.45) is 26.2 Å². The second-order valence-electron chi connectivity index (χ2n) is 13.0. The number of hydrogen-bond acceptors (Lipinski definition) is 20. The summed E-state index contributed by atoms with van der Waals surface area (Å²) in [6, 6.07) is 11.9. The molecule has 0 aromatic heterocycles. The van der Waals surface area contributed by atoms with Gasteiger partial charge in [-0.2, -0.15) is 0 Å². The van der Waals surface area contributed by atoms with Gasteiger partial charge in [-0.1, -0.05) is 51.6 Å². The average Bonchev–Trinajstić information content (AvgIpc) is 3.32. The summed E-state index contributed by atoms with van der Waals surface area (Å²) >= 11 is 0. The van der Waals surface area contributed by atoms with E-state index in [1.807, 2.05) is 0 Å². The molecule has 0 heterocycles. The number of ether oxygens (including phenoxy) is 1. The number of carbonyl (C=O) groups excluding carboxylic acids is 6. The number of nitrogens with one attached hydrogen (secondary N) is 2. The molecule has 0 atom stereocenters. The SMILES string of the molecule is CC(=O)OOC(C)=O.CC(C)(C)OC(=O)NCCNCc1ccc(N=[N+]=[N-])cc1N=[N+]=[N-].CCCN.O=Cc1ccc([N+](=O)[O-])cc1[N+](=O)[O-].[B-]OC(C)=O.[N-]=[N+]=Nc1ccc(C=O)c(N=[N+]=[N-])c1.[N-]=[N+]=[N-].[Na+].[Na+]. The van der Waals surface area contributed by atoms with Crippen LogP contribution in [0.5, 0.6) is 0 Å². The summed E-state index contributed by atoms with van der Waals surface area (Å²) in [5.74, 6) is -1.74. The van der Waals surface area contributed by atoms with E-state index in [1.165, 1.54) is 36.1 Å². The van der Waals surface area contributed by atoms with Crippen LogP contribution in [0.4, 0.5) is 38.9 Å². The third-order valence-electron chi connectivity index (χ3n) is 6.40. The first-order valence-corrected chi connectivity index (χ1v) is 19.4. The molecule has 0 spiro atoms. The van der Waals surface area contributed by atoms with E-state index in [9.17, 15) is 49.0 Å². The van der Waals surface area contributed by atoms with Crippen molar-refractivity contribution in [1.82, 2.24) is 10.6 Å². The summed E-state index contributed by atoms with van der Waals surface area (Å²) in [5.41, 5.74) is 52.4. The fourth-order valence-electron chi connectivity index (χ4n) is 3.65. The van der Waals surface area contributed by atoms with Crippen molar-refractivity contribution < 1.29 is 117 Å². The van der Waals surface area contributed by atoms with Crippen molar-refractivity contribution in [1.29, 1.82) is 0 Å². The molecular formula is C37H46BN20Na2O14. The maximum absolute atomic E-state index is 11.5. The van der Waals surface area contributed by atoms with Crippen LogP contribution in [-0.4, -0.2) is 79.7 Å². The Morgan fingerprint density at radius 1 is 0.716 bits per heavy atom. The van der Waals surface area contributed by atoms with E-state index in [0.717, 1.165) is 50.6 Å². The van der Waals surface area contributed by atoms with Crippen LogP contribution in [0.25, 0.3) is 57.7 Å². The van der Waals surface area contributed by atoms with E-state index in [4.69, 9.17) is 43.7 Å². The zero-order chi connectivity index (χ0) is 56.1. The van der Waals surface area contributed by atoms with Crippen LogP contribution < -0.4 is 75.5 Å². The van der Waals surface area contributed by atoms with Gasteiger partial charge in [-0.25, -0.2) is 24.2 Å². The Hall–Kier alpha value is -7.99. The zero-order valence-electron chi connectivity index (χ0n) is 41.4. The van der Waals surface area contributed by atoms with Crippen molar-refractivity contribution in [2.75, 3.05) is 19.6 Å². The molecule has 34 nitrogen and oxygen atoms in total. The van der Waals surface area contributed by atoms with E-state index in [0.29, 0.717) is 43.0 Å². The van der Waals surface area contributed by atoms with Gasteiger partial charge in [-0.15, -0.1) is 0 Å². The number of non-ortho nitro benzene ring substituents is 1. The van der Waals surface area contributed by atoms with Gasteiger partial charge in [-0.3, -0.25) is 39.5 Å². The summed E-state index contributed by atoms with van der Waals surface area (Å²) in [6.45, 7) is 13.1. The molecule has 0 bridgehead atoms. The number of alkyl carbamates (subject to hydrolysis) is 1. The van der Waals surface area contributed by atoms with Gasteiger partial charge >= 0.3 is 77.1 Å². The quantitative estimate of drug-likeness (QED) is 0.0238. The van der Waals surface area contributed by atoms with Crippen LogP contribution in [-0.2, 0) is 40.1 Å². The van der Waals surface area contributed by atoms with E-state index in [2.05, 4.69) is 80.1 Å². The second kappa shape index (κ2) is 48.6. The normalized spacial score (nSPS) is 8.50. The number of nitro groups is 2. The number of hydrogen-bond donors (Lipinski definition) is 3. The average molecular weight is 1050 g/mol. The molecule has 0 unspecified atom stereocenters. The first-order chi connectivity index (χ1) is 33.9. The Bertz CT molecular complexity index is 2450. The van der Waals surface area contributed by atoms with Crippen molar-refractivity contribution in [3.63, 3.8) is 0 Å². The number of nitro benzene ring substituents is 2. The van der Waals surface area contributed by atoms with Crippen molar-refractivity contribution in [3.8, 4) is 0 Å². The summed E-state index contributed by atoms with van der Waals surface area (Å²) in [7, 11) is 4.32. The molecule has 1 amide bonds.